The van der Waals surface area contributed by atoms with Crippen LogP contribution in [0.5, 0.6) is 0 Å². The second-order valence-electron chi connectivity index (χ2n) is 8.02. The monoisotopic (exact) mass is 385 g/mol. The molecule has 2 saturated heterocycles. The zero-order chi connectivity index (χ0) is 19.8. The van der Waals surface area contributed by atoms with Crippen LogP contribution in [-0.2, 0) is 9.59 Å². The Morgan fingerprint density at radius 1 is 1.21 bits per heavy atom. The highest BCUT2D eigenvalue weighted by atomic mass is 16.2. The molecule has 0 bridgehead atoms. The maximum Gasteiger partial charge on any atom is 0.256 e. The number of hydrogen-bond acceptors (Lipinski definition) is 5. The van der Waals surface area contributed by atoms with E-state index in [0.717, 1.165) is 12.8 Å². The third-order valence-electron chi connectivity index (χ3n) is 6.14. The van der Waals surface area contributed by atoms with Gasteiger partial charge in [-0.3, -0.25) is 25.2 Å². The number of benzene rings is 1. The Kier molecular flexibility index (Phi) is 5.07. The summed E-state index contributed by atoms with van der Waals surface area (Å²) in [6.07, 6.45) is 2.72. The van der Waals surface area contributed by atoms with Crippen molar-refractivity contribution in [1.29, 1.82) is 0 Å². The molecule has 2 fully saturated rings. The Labute approximate surface area is 164 Å². The van der Waals surface area contributed by atoms with Crippen molar-refractivity contribution in [1.82, 2.24) is 15.8 Å². The summed E-state index contributed by atoms with van der Waals surface area (Å²) >= 11 is 0. The molecule has 3 aliphatic heterocycles. The van der Waals surface area contributed by atoms with Gasteiger partial charge in [-0.05, 0) is 57.2 Å². The standard InChI is InChI=1S/C20H27N5O3/c1-11-14(12(2)24-23-11)6-8-18(26)21-13-5-7-16-15(10-13)20(28)25-9-3-4-17(25)19(27)22-16/h5,7,10-12,14,17,23-24H,3-4,6,8-9H2,1-2H3,(H,21,26)(H,22,27). The first-order chi connectivity index (χ1) is 13.4. The van der Waals surface area contributed by atoms with Crippen LogP contribution in [0.1, 0.15) is 49.9 Å². The molecule has 0 saturated carbocycles. The quantitative estimate of drug-likeness (QED) is 0.629. The molecule has 0 aliphatic carbocycles. The third-order valence-corrected chi connectivity index (χ3v) is 6.14. The number of anilines is 2. The van der Waals surface area contributed by atoms with Gasteiger partial charge in [0, 0.05) is 30.7 Å². The van der Waals surface area contributed by atoms with Crippen molar-refractivity contribution in [3.8, 4) is 0 Å². The summed E-state index contributed by atoms with van der Waals surface area (Å²) < 4.78 is 0. The van der Waals surface area contributed by atoms with Crippen LogP contribution in [0.15, 0.2) is 18.2 Å². The molecule has 3 atom stereocenters. The fourth-order valence-corrected chi connectivity index (χ4v) is 4.49. The molecule has 4 rings (SSSR count). The van der Waals surface area contributed by atoms with E-state index in [0.29, 0.717) is 54.3 Å². The summed E-state index contributed by atoms with van der Waals surface area (Å²) in [5, 5.41) is 5.74. The molecule has 0 aromatic heterocycles. The van der Waals surface area contributed by atoms with Crippen LogP contribution in [0.3, 0.4) is 0 Å². The molecule has 0 spiro atoms. The average molecular weight is 385 g/mol. The van der Waals surface area contributed by atoms with E-state index in [1.807, 2.05) is 0 Å². The summed E-state index contributed by atoms with van der Waals surface area (Å²) in [4.78, 5) is 39.3. The third kappa shape index (κ3) is 3.49. The number of hydrogen-bond donors (Lipinski definition) is 4. The highest BCUT2D eigenvalue weighted by molar-refractivity contribution is 6.11. The Hall–Kier alpha value is -2.45. The minimum Gasteiger partial charge on any atom is -0.327 e. The Morgan fingerprint density at radius 3 is 2.71 bits per heavy atom. The number of carbonyl (C=O) groups excluding carboxylic acids is 3. The smallest absolute Gasteiger partial charge is 0.256 e. The van der Waals surface area contributed by atoms with E-state index in [-0.39, 0.29) is 17.7 Å². The van der Waals surface area contributed by atoms with Crippen molar-refractivity contribution in [3.63, 3.8) is 0 Å². The summed E-state index contributed by atoms with van der Waals surface area (Å²) in [6, 6.07) is 5.34. The highest BCUT2D eigenvalue weighted by Crippen LogP contribution is 2.30. The zero-order valence-corrected chi connectivity index (χ0v) is 16.2. The normalized spacial score (nSPS) is 29.1. The van der Waals surface area contributed by atoms with Crippen LogP contribution in [-0.4, -0.2) is 47.3 Å². The van der Waals surface area contributed by atoms with Crippen LogP contribution in [0, 0.1) is 5.92 Å². The molecule has 3 aliphatic rings. The molecule has 8 nitrogen and oxygen atoms in total. The fourth-order valence-electron chi connectivity index (χ4n) is 4.49. The molecule has 150 valence electrons. The number of amides is 3. The minimum absolute atomic E-state index is 0.0737. The van der Waals surface area contributed by atoms with Crippen LogP contribution in [0.4, 0.5) is 11.4 Å². The Balaban J connectivity index is 1.44. The van der Waals surface area contributed by atoms with Crippen LogP contribution in [0.2, 0.25) is 0 Å². The number of nitrogens with one attached hydrogen (secondary N) is 4. The topological polar surface area (TPSA) is 103 Å². The van der Waals surface area contributed by atoms with Crippen molar-refractivity contribution in [2.24, 2.45) is 5.92 Å². The van der Waals surface area contributed by atoms with Gasteiger partial charge in [0.15, 0.2) is 0 Å². The van der Waals surface area contributed by atoms with E-state index in [2.05, 4.69) is 35.3 Å². The van der Waals surface area contributed by atoms with E-state index in [1.165, 1.54) is 0 Å². The lowest BCUT2D eigenvalue weighted by Crippen LogP contribution is -2.40. The van der Waals surface area contributed by atoms with E-state index in [9.17, 15) is 14.4 Å². The maximum atomic E-state index is 12.9. The van der Waals surface area contributed by atoms with Gasteiger partial charge in [0.1, 0.15) is 6.04 Å². The molecule has 28 heavy (non-hydrogen) atoms. The number of fused-ring (bicyclic) bond motifs is 2. The van der Waals surface area contributed by atoms with Crippen LogP contribution < -0.4 is 21.5 Å². The zero-order valence-electron chi connectivity index (χ0n) is 16.2. The molecule has 4 N–H and O–H groups in total. The predicted molar refractivity (Wildman–Crippen MR) is 106 cm³/mol. The van der Waals surface area contributed by atoms with Crippen molar-refractivity contribution in [3.05, 3.63) is 23.8 Å². The Morgan fingerprint density at radius 2 is 1.96 bits per heavy atom. The average Bonchev–Trinajstić information content (AvgIpc) is 3.25. The van der Waals surface area contributed by atoms with Gasteiger partial charge >= 0.3 is 0 Å². The first-order valence-corrected chi connectivity index (χ1v) is 10.0. The second kappa shape index (κ2) is 7.52. The van der Waals surface area contributed by atoms with Crippen molar-refractivity contribution < 1.29 is 14.4 Å². The molecule has 8 heteroatoms. The lowest BCUT2D eigenvalue weighted by atomic mass is 9.91. The summed E-state index contributed by atoms with van der Waals surface area (Å²) in [5.74, 6) is 0.0261. The largest absolute Gasteiger partial charge is 0.327 e. The minimum atomic E-state index is -0.393. The van der Waals surface area contributed by atoms with Crippen molar-refractivity contribution in [2.75, 3.05) is 17.2 Å². The van der Waals surface area contributed by atoms with Crippen LogP contribution in [0.25, 0.3) is 0 Å². The first-order valence-electron chi connectivity index (χ1n) is 10.0. The maximum absolute atomic E-state index is 12.9. The molecular weight excluding hydrogens is 358 g/mol. The van der Waals surface area contributed by atoms with Gasteiger partial charge in [-0.25, -0.2) is 0 Å². The van der Waals surface area contributed by atoms with Gasteiger partial charge in [0.25, 0.3) is 5.91 Å². The van der Waals surface area contributed by atoms with Crippen LogP contribution >= 0.6 is 0 Å². The van der Waals surface area contributed by atoms with E-state index < -0.39 is 6.04 Å². The number of hydrazine groups is 1. The van der Waals surface area contributed by atoms with Crippen molar-refractivity contribution >= 4 is 29.1 Å². The summed E-state index contributed by atoms with van der Waals surface area (Å²) in [7, 11) is 0. The van der Waals surface area contributed by atoms with Crippen molar-refractivity contribution in [2.45, 2.75) is 57.7 Å². The van der Waals surface area contributed by atoms with Gasteiger partial charge in [-0.1, -0.05) is 0 Å². The molecule has 1 aromatic rings. The number of rotatable bonds is 4. The lowest BCUT2D eigenvalue weighted by molar-refractivity contribution is -0.119. The molecule has 3 heterocycles. The first kappa shape index (κ1) is 18.9. The number of carbonyl (C=O) groups is 3. The lowest BCUT2D eigenvalue weighted by Gasteiger charge is -2.20. The second-order valence-corrected chi connectivity index (χ2v) is 8.02. The molecule has 1 aromatic carbocycles. The summed E-state index contributed by atoms with van der Waals surface area (Å²) in [5.41, 5.74) is 7.92. The molecular formula is C20H27N5O3. The van der Waals surface area contributed by atoms with Gasteiger partial charge in [0.05, 0.1) is 11.3 Å². The molecule has 0 radical (unpaired) electrons. The van der Waals surface area contributed by atoms with E-state index in [4.69, 9.17) is 0 Å². The van der Waals surface area contributed by atoms with Gasteiger partial charge in [-0.2, -0.15) is 0 Å². The van der Waals surface area contributed by atoms with Gasteiger partial charge in [-0.15, -0.1) is 0 Å². The fraction of sp³-hybridized carbons (Fsp3) is 0.550. The molecule has 3 amide bonds. The SMILES string of the molecule is CC1NNC(C)C1CCC(=O)Nc1ccc2c(c1)C(=O)N1CCCC1C(=O)N2. The van der Waals surface area contributed by atoms with Gasteiger partial charge in [0.2, 0.25) is 11.8 Å². The molecule has 3 unspecified atom stereocenters. The number of nitrogens with zero attached hydrogens (tertiary/aromatic N) is 1. The summed E-state index contributed by atoms with van der Waals surface area (Å²) in [6.45, 7) is 4.81. The Bertz CT molecular complexity index is 801. The van der Waals surface area contributed by atoms with E-state index in [1.54, 1.807) is 23.1 Å². The predicted octanol–water partition coefficient (Wildman–Crippen LogP) is 1.46. The highest BCUT2D eigenvalue weighted by Gasteiger charge is 2.38. The van der Waals surface area contributed by atoms with Gasteiger partial charge < -0.3 is 15.5 Å². The van der Waals surface area contributed by atoms with E-state index >= 15 is 0 Å².